The van der Waals surface area contributed by atoms with Crippen molar-refractivity contribution in [3.63, 3.8) is 0 Å². The van der Waals surface area contributed by atoms with Crippen LogP contribution in [0.3, 0.4) is 0 Å². The highest BCUT2D eigenvalue weighted by molar-refractivity contribution is 8.26. The van der Waals surface area contributed by atoms with Gasteiger partial charge in [-0.2, -0.15) is 0 Å². The predicted molar refractivity (Wildman–Crippen MR) is 84.5 cm³/mol. The molecule has 0 saturated carbocycles. The number of nitrogens with zero attached hydrogens (tertiary/aromatic N) is 2. The van der Waals surface area contributed by atoms with E-state index in [-0.39, 0.29) is 20.7 Å². The average molecular weight is 353 g/mol. The lowest BCUT2D eigenvalue weighted by Crippen LogP contribution is -2.40. The molecular formula is C13H9N2O6S2-. The van der Waals surface area contributed by atoms with Crippen molar-refractivity contribution in [1.82, 2.24) is 4.90 Å². The van der Waals surface area contributed by atoms with Crippen molar-refractivity contribution >= 4 is 51.9 Å². The van der Waals surface area contributed by atoms with E-state index in [2.05, 4.69) is 0 Å². The molecule has 2 rings (SSSR count). The van der Waals surface area contributed by atoms with Crippen LogP contribution in [0.4, 0.5) is 5.69 Å². The smallest absolute Gasteiger partial charge is 0.311 e. The van der Waals surface area contributed by atoms with Gasteiger partial charge in [0.25, 0.3) is 5.91 Å². The minimum Gasteiger partial charge on any atom is -0.548 e. The molecule has 23 heavy (non-hydrogen) atoms. The van der Waals surface area contributed by atoms with Gasteiger partial charge in [0.1, 0.15) is 4.32 Å². The second-order valence-electron chi connectivity index (χ2n) is 4.33. The summed E-state index contributed by atoms with van der Waals surface area (Å²) in [6.07, 6.45) is 1.40. The molecule has 8 nitrogen and oxygen atoms in total. The van der Waals surface area contributed by atoms with Gasteiger partial charge in [0.2, 0.25) is 0 Å². The van der Waals surface area contributed by atoms with E-state index >= 15 is 0 Å². The topological polar surface area (TPSA) is 113 Å². The maximum atomic E-state index is 12.1. The Bertz CT molecular complexity index is 746. The van der Waals surface area contributed by atoms with Crippen molar-refractivity contribution in [3.05, 3.63) is 38.8 Å². The molecule has 0 unspecified atom stereocenters. The van der Waals surface area contributed by atoms with Crippen LogP contribution in [0.2, 0.25) is 0 Å². The Morgan fingerprint density at radius 1 is 1.52 bits per heavy atom. The van der Waals surface area contributed by atoms with E-state index < -0.39 is 23.3 Å². The Morgan fingerprint density at radius 3 is 2.78 bits per heavy atom. The number of carbonyl (C=O) groups is 2. The summed E-state index contributed by atoms with van der Waals surface area (Å²) < 4.78 is 4.99. The fraction of sp³-hybridized carbons (Fsp3) is 0.154. The Balaban J connectivity index is 2.34. The van der Waals surface area contributed by atoms with E-state index in [1.807, 2.05) is 0 Å². The molecular weight excluding hydrogens is 344 g/mol. The van der Waals surface area contributed by atoms with Crippen molar-refractivity contribution < 1.29 is 24.4 Å². The summed E-state index contributed by atoms with van der Waals surface area (Å²) >= 11 is 5.86. The van der Waals surface area contributed by atoms with E-state index in [1.165, 1.54) is 31.4 Å². The maximum Gasteiger partial charge on any atom is 0.311 e. The fourth-order valence-electron chi connectivity index (χ4n) is 1.86. The number of hydrogen-bond acceptors (Lipinski definition) is 8. The molecule has 0 bridgehead atoms. The average Bonchev–Trinajstić information content (AvgIpc) is 2.74. The number of methoxy groups -OCH3 is 1. The number of nitro benzene ring substituents is 1. The third-order valence-electron chi connectivity index (χ3n) is 2.86. The monoisotopic (exact) mass is 353 g/mol. The van der Waals surface area contributed by atoms with E-state index in [0.717, 1.165) is 16.7 Å². The van der Waals surface area contributed by atoms with Gasteiger partial charge < -0.3 is 14.6 Å². The summed E-state index contributed by atoms with van der Waals surface area (Å²) in [4.78, 5) is 34.2. The lowest BCUT2D eigenvalue weighted by Gasteiger charge is -2.14. The van der Waals surface area contributed by atoms with Crippen molar-refractivity contribution in [3.8, 4) is 5.75 Å². The number of carboxylic acid groups (broad SMARTS) is 1. The highest BCUT2D eigenvalue weighted by Gasteiger charge is 2.32. The number of amides is 1. The number of carboxylic acids is 1. The molecule has 1 saturated heterocycles. The van der Waals surface area contributed by atoms with E-state index in [9.17, 15) is 24.8 Å². The SMILES string of the molecule is COc1ccc(/C=C2/SC(=S)N(CC(=O)[O-])C2=O)cc1[N+](=O)[O-]. The molecule has 0 aliphatic carbocycles. The Morgan fingerprint density at radius 2 is 2.22 bits per heavy atom. The van der Waals surface area contributed by atoms with Gasteiger partial charge in [0.15, 0.2) is 5.75 Å². The summed E-state index contributed by atoms with van der Waals surface area (Å²) in [5.41, 5.74) is 0.151. The molecule has 1 aliphatic rings. The summed E-state index contributed by atoms with van der Waals surface area (Å²) in [5.74, 6) is -1.91. The second kappa shape index (κ2) is 6.75. The zero-order chi connectivity index (χ0) is 17.1. The van der Waals surface area contributed by atoms with Gasteiger partial charge in [0.05, 0.1) is 29.5 Å². The van der Waals surface area contributed by atoms with Crippen molar-refractivity contribution in [2.24, 2.45) is 0 Å². The van der Waals surface area contributed by atoms with Crippen molar-refractivity contribution in [2.75, 3.05) is 13.7 Å². The quantitative estimate of drug-likeness (QED) is 0.326. The highest BCUT2D eigenvalue weighted by Crippen LogP contribution is 2.34. The van der Waals surface area contributed by atoms with Crippen LogP contribution in [-0.4, -0.2) is 39.7 Å². The number of benzene rings is 1. The molecule has 1 fully saturated rings. The molecule has 1 aliphatic heterocycles. The number of carbonyl (C=O) groups excluding carboxylic acids is 2. The Labute approximate surface area is 139 Å². The molecule has 0 radical (unpaired) electrons. The normalized spacial score (nSPS) is 16.0. The van der Waals surface area contributed by atoms with Crippen molar-refractivity contribution in [1.29, 1.82) is 0 Å². The molecule has 0 aromatic heterocycles. The van der Waals surface area contributed by atoms with E-state index in [0.29, 0.717) is 5.56 Å². The second-order valence-corrected chi connectivity index (χ2v) is 6.00. The third-order valence-corrected chi connectivity index (χ3v) is 4.24. The molecule has 0 atom stereocenters. The summed E-state index contributed by atoms with van der Waals surface area (Å²) in [5, 5.41) is 21.6. The number of rotatable bonds is 5. The first-order valence-corrected chi connectivity index (χ1v) is 7.33. The molecule has 1 amide bonds. The lowest BCUT2D eigenvalue weighted by molar-refractivity contribution is -0.385. The van der Waals surface area contributed by atoms with E-state index in [1.54, 1.807) is 0 Å². The number of ether oxygens (including phenoxy) is 1. The van der Waals surface area contributed by atoms with E-state index in [4.69, 9.17) is 17.0 Å². The first-order valence-electron chi connectivity index (χ1n) is 6.11. The van der Waals surface area contributed by atoms with Crippen LogP contribution in [0.1, 0.15) is 5.56 Å². The largest absolute Gasteiger partial charge is 0.548 e. The standard InChI is InChI=1S/C13H10N2O6S2/c1-21-9-3-2-7(4-8(9)15(19)20)5-10-12(18)14(6-11(16)17)13(22)23-10/h2-5H,6H2,1H3,(H,16,17)/p-1/b10-5+. The molecule has 1 aromatic rings. The lowest BCUT2D eigenvalue weighted by atomic mass is 10.1. The first kappa shape index (κ1) is 16.9. The third kappa shape index (κ3) is 3.66. The fourth-order valence-corrected chi connectivity index (χ4v) is 3.11. The van der Waals surface area contributed by atoms with Gasteiger partial charge in [-0.3, -0.25) is 19.8 Å². The van der Waals surface area contributed by atoms with Gasteiger partial charge in [-0.25, -0.2) is 0 Å². The molecule has 1 heterocycles. The molecule has 10 heteroatoms. The van der Waals surface area contributed by atoms with Gasteiger partial charge >= 0.3 is 5.69 Å². The number of hydrogen-bond donors (Lipinski definition) is 0. The summed E-state index contributed by atoms with van der Waals surface area (Å²) in [6, 6.07) is 4.20. The van der Waals surface area contributed by atoms with Crippen LogP contribution in [0.15, 0.2) is 23.1 Å². The van der Waals surface area contributed by atoms with Crippen LogP contribution in [0.25, 0.3) is 6.08 Å². The minimum absolute atomic E-state index is 0.0912. The molecule has 0 spiro atoms. The summed E-state index contributed by atoms with van der Waals surface area (Å²) in [6.45, 7) is -0.634. The number of nitro groups is 1. The van der Waals surface area contributed by atoms with Crippen LogP contribution >= 0.6 is 24.0 Å². The molecule has 120 valence electrons. The minimum atomic E-state index is -1.43. The zero-order valence-electron chi connectivity index (χ0n) is 11.7. The molecule has 1 aromatic carbocycles. The van der Waals surface area contributed by atoms with Gasteiger partial charge in [-0.15, -0.1) is 0 Å². The van der Waals surface area contributed by atoms with Crippen LogP contribution in [0, 0.1) is 10.1 Å². The van der Waals surface area contributed by atoms with Gasteiger partial charge in [0, 0.05) is 6.07 Å². The zero-order valence-corrected chi connectivity index (χ0v) is 13.3. The van der Waals surface area contributed by atoms with Crippen LogP contribution in [0.5, 0.6) is 5.75 Å². The van der Waals surface area contributed by atoms with Crippen LogP contribution < -0.4 is 9.84 Å². The summed E-state index contributed by atoms with van der Waals surface area (Å²) in [7, 11) is 1.31. The number of thiocarbonyl (C=S) groups is 1. The maximum absolute atomic E-state index is 12.1. The van der Waals surface area contributed by atoms with Gasteiger partial charge in [-0.1, -0.05) is 30.0 Å². The van der Waals surface area contributed by atoms with Gasteiger partial charge in [-0.05, 0) is 17.7 Å². The number of aliphatic carboxylic acids is 1. The van der Waals surface area contributed by atoms with Crippen LogP contribution in [-0.2, 0) is 9.59 Å². The predicted octanol–water partition coefficient (Wildman–Crippen LogP) is 0.554. The highest BCUT2D eigenvalue weighted by atomic mass is 32.2. The Hall–Kier alpha value is -2.46. The first-order chi connectivity index (χ1) is 10.8. The van der Waals surface area contributed by atoms with Crippen molar-refractivity contribution in [2.45, 2.75) is 0 Å². The Kier molecular flexibility index (Phi) is 4.96. The molecule has 0 N–H and O–H groups in total. The number of thioether (sulfide) groups is 1.